The molecule has 5 heteroatoms. The van der Waals surface area contributed by atoms with Gasteiger partial charge in [0.2, 0.25) is 0 Å². The summed E-state index contributed by atoms with van der Waals surface area (Å²) in [6, 6.07) is 3.22. The molecule has 0 fully saturated rings. The summed E-state index contributed by atoms with van der Waals surface area (Å²) >= 11 is 9.50. The Morgan fingerprint density at radius 2 is 1.83 bits per heavy atom. The van der Waals surface area contributed by atoms with E-state index in [1.165, 1.54) is 6.07 Å². The van der Waals surface area contributed by atoms with E-state index in [1.54, 1.807) is 6.07 Å². The van der Waals surface area contributed by atoms with Crippen molar-refractivity contribution >= 4 is 53.8 Å². The first-order chi connectivity index (χ1) is 5.52. The van der Waals surface area contributed by atoms with Crippen molar-refractivity contribution in [3.8, 4) is 0 Å². The normalized spacial score (nSPS) is 9.92. The fraction of sp³-hybridized carbons (Fsp3) is 0. The van der Waals surface area contributed by atoms with E-state index in [-0.39, 0.29) is 5.56 Å². The molecule has 12 heavy (non-hydrogen) atoms. The van der Waals surface area contributed by atoms with Gasteiger partial charge < -0.3 is 9.90 Å². The molecule has 0 aliphatic carbocycles. The van der Waals surface area contributed by atoms with Crippen molar-refractivity contribution in [2.75, 3.05) is 0 Å². The van der Waals surface area contributed by atoms with E-state index in [4.69, 9.17) is 0 Å². The summed E-state index contributed by atoms with van der Waals surface area (Å²) in [6.07, 6.45) is 0. The summed E-state index contributed by atoms with van der Waals surface area (Å²) in [5.41, 5.74) is 0.122. The first-order valence-corrected chi connectivity index (χ1v) is 5.26. The van der Waals surface area contributed by atoms with Gasteiger partial charge in [-0.1, -0.05) is 15.9 Å². The zero-order valence-electron chi connectivity index (χ0n) is 5.61. The van der Waals surface area contributed by atoms with Crippen LogP contribution >= 0.6 is 47.8 Å². The van der Waals surface area contributed by atoms with Crippen LogP contribution in [0.1, 0.15) is 10.4 Å². The van der Waals surface area contributed by atoms with Gasteiger partial charge in [-0.15, -0.1) is 0 Å². The van der Waals surface area contributed by atoms with Crippen molar-refractivity contribution in [1.82, 2.24) is 0 Å². The number of benzene rings is 1. The highest BCUT2D eigenvalue weighted by Crippen LogP contribution is 2.30. The Morgan fingerprint density at radius 3 is 2.33 bits per heavy atom. The molecule has 2 nitrogen and oxygen atoms in total. The van der Waals surface area contributed by atoms with Crippen molar-refractivity contribution in [2.45, 2.75) is 0 Å². The van der Waals surface area contributed by atoms with E-state index in [1.807, 2.05) is 0 Å². The van der Waals surface area contributed by atoms with Crippen molar-refractivity contribution in [1.29, 1.82) is 0 Å². The van der Waals surface area contributed by atoms with Crippen LogP contribution in [0, 0.1) is 0 Å². The molecule has 1 aromatic rings. The summed E-state index contributed by atoms with van der Waals surface area (Å²) in [4.78, 5) is 10.5. The second-order valence-electron chi connectivity index (χ2n) is 2.04. The zero-order valence-corrected chi connectivity index (χ0v) is 10.4. The molecule has 0 aliphatic rings. The van der Waals surface area contributed by atoms with Gasteiger partial charge in [-0.25, -0.2) is 0 Å². The monoisotopic (exact) mass is 355 g/mol. The molecule has 0 spiro atoms. The molecule has 0 amide bonds. The summed E-state index contributed by atoms with van der Waals surface area (Å²) in [6.45, 7) is 0. The highest BCUT2D eigenvalue weighted by molar-refractivity contribution is 9.13. The Kier molecular flexibility index (Phi) is 3.31. The molecule has 0 atom stereocenters. The quantitative estimate of drug-likeness (QED) is 0.724. The molecule has 0 saturated heterocycles. The molecule has 0 saturated carbocycles. The minimum atomic E-state index is -1.20. The third-order valence-corrected chi connectivity index (χ3v) is 3.68. The first kappa shape index (κ1) is 10.2. The van der Waals surface area contributed by atoms with Gasteiger partial charge in [0.25, 0.3) is 0 Å². The van der Waals surface area contributed by atoms with Gasteiger partial charge in [0.15, 0.2) is 0 Å². The van der Waals surface area contributed by atoms with E-state index >= 15 is 0 Å². The fourth-order valence-corrected chi connectivity index (χ4v) is 2.32. The molecule has 64 valence electrons. The van der Waals surface area contributed by atoms with E-state index in [0.29, 0.717) is 13.4 Å². The van der Waals surface area contributed by atoms with Crippen molar-refractivity contribution < 1.29 is 9.90 Å². The van der Waals surface area contributed by atoms with Gasteiger partial charge in [-0.2, -0.15) is 0 Å². The van der Waals surface area contributed by atoms with Crippen LogP contribution < -0.4 is 5.11 Å². The number of halogens is 3. The van der Waals surface area contributed by atoms with Crippen molar-refractivity contribution in [3.63, 3.8) is 0 Å². The van der Waals surface area contributed by atoms with Crippen LogP contribution in [0.25, 0.3) is 0 Å². The van der Waals surface area contributed by atoms with Crippen LogP contribution in [0.15, 0.2) is 25.6 Å². The molecule has 1 rings (SSSR count). The van der Waals surface area contributed by atoms with Gasteiger partial charge in [0.1, 0.15) is 0 Å². The lowest BCUT2D eigenvalue weighted by Crippen LogP contribution is -2.22. The molecule has 0 bridgehead atoms. The summed E-state index contributed by atoms with van der Waals surface area (Å²) < 4.78 is 1.86. The van der Waals surface area contributed by atoms with Crippen LogP contribution in [-0.4, -0.2) is 5.97 Å². The minimum Gasteiger partial charge on any atom is -0.545 e. The smallest absolute Gasteiger partial charge is 0.0727 e. The number of rotatable bonds is 1. The number of hydrogen-bond acceptors (Lipinski definition) is 2. The third kappa shape index (κ3) is 2.08. The highest BCUT2D eigenvalue weighted by Gasteiger charge is 2.05. The van der Waals surface area contributed by atoms with Gasteiger partial charge in [0.05, 0.1) is 5.97 Å². The fourth-order valence-electron chi connectivity index (χ4n) is 0.705. The SMILES string of the molecule is O=C([O-])c1cc(Br)cc(Br)c1Br. The lowest BCUT2D eigenvalue weighted by Gasteiger charge is -2.07. The number of carbonyl (C=O) groups excluding carboxylic acids is 1. The van der Waals surface area contributed by atoms with Crippen LogP contribution in [0.5, 0.6) is 0 Å². The van der Waals surface area contributed by atoms with Crippen LogP contribution in [0.2, 0.25) is 0 Å². The maximum Gasteiger partial charge on any atom is 0.0727 e. The second-order valence-corrected chi connectivity index (χ2v) is 4.60. The average Bonchev–Trinajstić information content (AvgIpc) is 1.96. The standard InChI is InChI=1S/C7H3Br3O2/c8-3-1-4(7(11)12)6(10)5(9)2-3/h1-2H,(H,11,12)/p-1. The lowest BCUT2D eigenvalue weighted by atomic mass is 10.2. The lowest BCUT2D eigenvalue weighted by molar-refractivity contribution is -0.255. The predicted molar refractivity (Wildman–Crippen MR) is 53.9 cm³/mol. The molecule has 0 aromatic heterocycles. The summed E-state index contributed by atoms with van der Waals surface area (Å²) in [7, 11) is 0. The Labute approximate surface area is 94.4 Å². The minimum absolute atomic E-state index is 0.122. The Balaban J connectivity index is 3.37. The molecule has 0 unspecified atom stereocenters. The molecular weight excluding hydrogens is 356 g/mol. The topological polar surface area (TPSA) is 40.1 Å². The largest absolute Gasteiger partial charge is 0.545 e. The van der Waals surface area contributed by atoms with E-state index in [2.05, 4.69) is 47.8 Å². The number of carboxylic acids is 1. The predicted octanol–water partition coefficient (Wildman–Crippen LogP) is 2.34. The van der Waals surface area contributed by atoms with E-state index in [0.717, 1.165) is 0 Å². The molecule has 0 N–H and O–H groups in total. The van der Waals surface area contributed by atoms with Gasteiger partial charge >= 0.3 is 0 Å². The number of hydrogen-bond donors (Lipinski definition) is 0. The Bertz CT molecular complexity index is 336. The molecule has 0 heterocycles. The Hall–Kier alpha value is 0.130. The molecule has 0 radical (unpaired) electrons. The van der Waals surface area contributed by atoms with Gasteiger partial charge in [-0.05, 0) is 44.0 Å². The first-order valence-electron chi connectivity index (χ1n) is 2.88. The van der Waals surface area contributed by atoms with Gasteiger partial charge in [0, 0.05) is 19.0 Å². The molecular formula is C7H2Br3O2-. The summed E-state index contributed by atoms with van der Waals surface area (Å²) in [5, 5.41) is 10.5. The molecule has 1 aromatic carbocycles. The van der Waals surface area contributed by atoms with Crippen LogP contribution in [0.4, 0.5) is 0 Å². The Morgan fingerprint density at radius 1 is 1.25 bits per heavy atom. The molecule has 0 aliphatic heterocycles. The van der Waals surface area contributed by atoms with Crippen molar-refractivity contribution in [3.05, 3.63) is 31.1 Å². The third-order valence-electron chi connectivity index (χ3n) is 1.21. The van der Waals surface area contributed by atoms with Gasteiger partial charge in [-0.3, -0.25) is 0 Å². The maximum atomic E-state index is 10.5. The van der Waals surface area contributed by atoms with E-state index < -0.39 is 5.97 Å². The number of aromatic carboxylic acids is 1. The van der Waals surface area contributed by atoms with Crippen LogP contribution in [0.3, 0.4) is 0 Å². The highest BCUT2D eigenvalue weighted by atomic mass is 79.9. The van der Waals surface area contributed by atoms with Crippen LogP contribution in [-0.2, 0) is 0 Å². The van der Waals surface area contributed by atoms with E-state index in [9.17, 15) is 9.90 Å². The number of carbonyl (C=O) groups is 1. The zero-order chi connectivity index (χ0) is 9.30. The second kappa shape index (κ2) is 3.89. The van der Waals surface area contributed by atoms with Crippen molar-refractivity contribution in [2.24, 2.45) is 0 Å². The maximum absolute atomic E-state index is 10.5. The number of carboxylic acid groups (broad SMARTS) is 1. The average molecular weight is 358 g/mol. The summed E-state index contributed by atoms with van der Waals surface area (Å²) in [5.74, 6) is -1.20.